The van der Waals surface area contributed by atoms with Crippen molar-refractivity contribution in [1.29, 1.82) is 0 Å². The van der Waals surface area contributed by atoms with Gasteiger partial charge in [0, 0.05) is 26.4 Å². The molecular weight excluding hydrogens is 897 g/mol. The van der Waals surface area contributed by atoms with E-state index >= 15 is 0 Å². The summed E-state index contributed by atoms with van der Waals surface area (Å²) < 4.78 is 11.7. The van der Waals surface area contributed by atoms with Crippen LogP contribution in [0, 0.1) is 0 Å². The molecular formula is C72H148O2. The van der Waals surface area contributed by atoms with Gasteiger partial charge in [-0.05, 0) is 25.7 Å². The number of hydrogen-bond donors (Lipinski definition) is 0. The normalized spacial score (nSPS) is 11.5. The van der Waals surface area contributed by atoms with Crippen LogP contribution < -0.4 is 0 Å². The number of unbranched alkanes of at least 4 members (excludes halogenated alkanes) is 60. The highest BCUT2D eigenvalue weighted by molar-refractivity contribution is 4.55. The van der Waals surface area contributed by atoms with Gasteiger partial charge in [-0.15, -0.1) is 0 Å². The minimum Gasteiger partial charge on any atom is -0.381 e. The SMILES string of the molecule is CCCCCCCCCCCCCCCCCCOCCCCCCCCCCCCCCCCCC.CCCCCCCCCCCCCCCCCCOCCCCCCCCCCCCCCCCCC. The lowest BCUT2D eigenvalue weighted by molar-refractivity contribution is 0.125. The van der Waals surface area contributed by atoms with Crippen molar-refractivity contribution in [2.75, 3.05) is 26.4 Å². The molecule has 0 aromatic heterocycles. The highest BCUT2D eigenvalue weighted by Gasteiger charge is 2.00. The molecule has 2 heteroatoms. The Morgan fingerprint density at radius 1 is 0.108 bits per heavy atom. The van der Waals surface area contributed by atoms with Crippen LogP contribution >= 0.6 is 0 Å². The molecule has 448 valence electrons. The van der Waals surface area contributed by atoms with Crippen molar-refractivity contribution >= 4 is 0 Å². The molecule has 0 saturated carbocycles. The average molecular weight is 1050 g/mol. The third-order valence-corrected chi connectivity index (χ3v) is 16.6. The predicted molar refractivity (Wildman–Crippen MR) is 340 cm³/mol. The summed E-state index contributed by atoms with van der Waals surface area (Å²) in [5.41, 5.74) is 0. The summed E-state index contributed by atoms with van der Waals surface area (Å²) in [7, 11) is 0. The summed E-state index contributed by atoms with van der Waals surface area (Å²) in [5.74, 6) is 0. The van der Waals surface area contributed by atoms with Gasteiger partial charge in [0.2, 0.25) is 0 Å². The number of rotatable bonds is 68. The van der Waals surface area contributed by atoms with Crippen molar-refractivity contribution in [2.24, 2.45) is 0 Å². The minimum atomic E-state index is 0.997. The molecule has 0 bridgehead atoms. The fourth-order valence-electron chi connectivity index (χ4n) is 11.2. The Bertz CT molecular complexity index is 733. The first-order valence-electron chi connectivity index (χ1n) is 36.0. The molecule has 0 aliphatic carbocycles. The van der Waals surface area contributed by atoms with E-state index in [9.17, 15) is 0 Å². The first-order chi connectivity index (χ1) is 36.8. The van der Waals surface area contributed by atoms with E-state index in [1.807, 2.05) is 0 Å². The molecule has 0 aromatic carbocycles. The van der Waals surface area contributed by atoms with Crippen LogP contribution in [0.25, 0.3) is 0 Å². The van der Waals surface area contributed by atoms with Gasteiger partial charge in [0.1, 0.15) is 0 Å². The van der Waals surface area contributed by atoms with Gasteiger partial charge >= 0.3 is 0 Å². The lowest BCUT2D eigenvalue weighted by Crippen LogP contribution is -1.97. The van der Waals surface area contributed by atoms with E-state index in [4.69, 9.17) is 9.47 Å². The highest BCUT2D eigenvalue weighted by atomic mass is 16.5. The molecule has 0 aromatic rings. The number of ether oxygens (including phenoxy) is 2. The summed E-state index contributed by atoms with van der Waals surface area (Å²) >= 11 is 0. The highest BCUT2D eigenvalue weighted by Crippen LogP contribution is 2.18. The first kappa shape index (κ1) is 76.0. The molecule has 0 unspecified atom stereocenters. The van der Waals surface area contributed by atoms with E-state index in [1.165, 1.54) is 411 Å². The molecule has 2 nitrogen and oxygen atoms in total. The van der Waals surface area contributed by atoms with Crippen LogP contribution in [-0.4, -0.2) is 26.4 Å². The third-order valence-electron chi connectivity index (χ3n) is 16.6. The fraction of sp³-hybridized carbons (Fsp3) is 1.00. The van der Waals surface area contributed by atoms with Crippen LogP contribution in [0.4, 0.5) is 0 Å². The second-order valence-electron chi connectivity index (χ2n) is 24.4. The predicted octanol–water partition coefficient (Wildman–Crippen LogP) is 27.1. The van der Waals surface area contributed by atoms with E-state index in [2.05, 4.69) is 27.7 Å². The van der Waals surface area contributed by atoms with Gasteiger partial charge in [0.15, 0.2) is 0 Å². The zero-order valence-electron chi connectivity index (χ0n) is 52.9. The maximum Gasteiger partial charge on any atom is 0.0466 e. The van der Waals surface area contributed by atoms with Gasteiger partial charge in [0.05, 0.1) is 0 Å². The van der Waals surface area contributed by atoms with Gasteiger partial charge in [-0.25, -0.2) is 0 Å². The van der Waals surface area contributed by atoms with Crippen LogP contribution in [0.1, 0.15) is 439 Å². The second-order valence-corrected chi connectivity index (χ2v) is 24.4. The van der Waals surface area contributed by atoms with Crippen LogP contribution in [0.5, 0.6) is 0 Å². The van der Waals surface area contributed by atoms with Gasteiger partial charge in [-0.2, -0.15) is 0 Å². The van der Waals surface area contributed by atoms with Crippen molar-refractivity contribution in [2.45, 2.75) is 439 Å². The molecule has 0 N–H and O–H groups in total. The molecule has 74 heavy (non-hydrogen) atoms. The lowest BCUT2D eigenvalue weighted by Gasteiger charge is -2.06. The summed E-state index contributed by atoms with van der Waals surface area (Å²) in [6.45, 7) is 13.2. The van der Waals surface area contributed by atoms with E-state index in [0.29, 0.717) is 0 Å². The molecule has 0 aliphatic heterocycles. The van der Waals surface area contributed by atoms with E-state index in [1.54, 1.807) is 0 Å². The molecule has 0 radical (unpaired) electrons. The van der Waals surface area contributed by atoms with E-state index in [-0.39, 0.29) is 0 Å². The maximum absolute atomic E-state index is 5.87. The van der Waals surface area contributed by atoms with Crippen molar-refractivity contribution in [3.63, 3.8) is 0 Å². The number of hydrogen-bond acceptors (Lipinski definition) is 2. The Morgan fingerprint density at radius 2 is 0.189 bits per heavy atom. The maximum atomic E-state index is 5.87. The molecule has 0 aliphatic rings. The molecule has 0 rings (SSSR count). The summed E-state index contributed by atoms with van der Waals surface area (Å²) in [4.78, 5) is 0. The summed E-state index contributed by atoms with van der Waals surface area (Å²) in [5, 5.41) is 0. The zero-order valence-corrected chi connectivity index (χ0v) is 52.9. The summed E-state index contributed by atoms with van der Waals surface area (Å²) in [6.07, 6.45) is 92.1. The van der Waals surface area contributed by atoms with Crippen molar-refractivity contribution in [3.8, 4) is 0 Å². The Morgan fingerprint density at radius 3 is 0.284 bits per heavy atom. The largest absolute Gasteiger partial charge is 0.381 e. The topological polar surface area (TPSA) is 18.5 Å². The smallest absolute Gasteiger partial charge is 0.0466 e. The average Bonchev–Trinajstić information content (AvgIpc) is 3.41. The van der Waals surface area contributed by atoms with Crippen molar-refractivity contribution in [1.82, 2.24) is 0 Å². The quantitative estimate of drug-likeness (QED) is 0.0565. The molecule has 0 saturated heterocycles. The van der Waals surface area contributed by atoms with Gasteiger partial charge in [0.25, 0.3) is 0 Å². The summed E-state index contributed by atoms with van der Waals surface area (Å²) in [6, 6.07) is 0. The molecule has 0 amide bonds. The van der Waals surface area contributed by atoms with Crippen LogP contribution in [0.2, 0.25) is 0 Å². The van der Waals surface area contributed by atoms with E-state index < -0.39 is 0 Å². The molecule has 0 atom stereocenters. The van der Waals surface area contributed by atoms with Crippen LogP contribution in [0.3, 0.4) is 0 Å². The standard InChI is InChI=1S/2C36H74O/c2*1-3-5-7-9-11-13-15-17-19-21-23-25-27-29-31-33-35-37-36-34-32-30-28-26-24-22-20-18-16-14-12-10-8-6-4-2/h2*3-36H2,1-2H3. The Labute approximate surface area is 472 Å². The lowest BCUT2D eigenvalue weighted by atomic mass is 10.0. The second kappa shape index (κ2) is 77.2. The van der Waals surface area contributed by atoms with Crippen LogP contribution in [-0.2, 0) is 9.47 Å². The zero-order chi connectivity index (χ0) is 53.5. The van der Waals surface area contributed by atoms with Gasteiger partial charge in [-0.1, -0.05) is 413 Å². The molecule has 0 fully saturated rings. The Kier molecular flexibility index (Phi) is 79.2. The third kappa shape index (κ3) is 78.4. The van der Waals surface area contributed by atoms with Crippen LogP contribution in [0.15, 0.2) is 0 Å². The molecule has 0 heterocycles. The van der Waals surface area contributed by atoms with Crippen molar-refractivity contribution in [3.05, 3.63) is 0 Å². The van der Waals surface area contributed by atoms with Gasteiger partial charge < -0.3 is 9.47 Å². The Balaban J connectivity index is 0. The van der Waals surface area contributed by atoms with Gasteiger partial charge in [-0.3, -0.25) is 0 Å². The Hall–Kier alpha value is -0.0800. The molecule has 0 spiro atoms. The van der Waals surface area contributed by atoms with E-state index in [0.717, 1.165) is 26.4 Å². The monoisotopic (exact) mass is 1050 g/mol. The first-order valence-corrected chi connectivity index (χ1v) is 36.0. The minimum absolute atomic E-state index is 0.997. The fourth-order valence-corrected chi connectivity index (χ4v) is 11.2. The van der Waals surface area contributed by atoms with Crippen molar-refractivity contribution < 1.29 is 9.47 Å².